The highest BCUT2D eigenvalue weighted by atomic mass is 32.2. The molecule has 0 spiro atoms. The molecule has 4 heteroatoms. The molecule has 0 aliphatic rings. The van der Waals surface area contributed by atoms with E-state index in [2.05, 4.69) is 17.0 Å². The standard InChI is InChI=1S/C15H17NO2S/c1-16(2)10-11-5-3-4-6-15(11)19-12-7-8-13(17)14(18)9-12/h3-9,17-18H,10H2,1-2H3. The second-order valence-electron chi connectivity index (χ2n) is 4.60. The Bertz CT molecular complexity index is 570. The molecular formula is C15H17NO2S. The van der Waals surface area contributed by atoms with E-state index in [4.69, 9.17) is 0 Å². The van der Waals surface area contributed by atoms with Crippen molar-refractivity contribution in [3.05, 3.63) is 48.0 Å². The second kappa shape index (κ2) is 5.99. The minimum atomic E-state index is -0.0917. The molecule has 0 fully saturated rings. The Kier molecular flexibility index (Phi) is 4.35. The van der Waals surface area contributed by atoms with E-state index in [1.807, 2.05) is 26.2 Å². The summed E-state index contributed by atoms with van der Waals surface area (Å²) in [5.41, 5.74) is 1.24. The molecule has 2 N–H and O–H groups in total. The third kappa shape index (κ3) is 3.66. The summed E-state index contributed by atoms with van der Waals surface area (Å²) in [7, 11) is 4.07. The van der Waals surface area contributed by atoms with Crippen LogP contribution in [0, 0.1) is 0 Å². The number of hydrogen-bond donors (Lipinski definition) is 2. The van der Waals surface area contributed by atoms with Crippen LogP contribution in [0.25, 0.3) is 0 Å². The maximum Gasteiger partial charge on any atom is 0.158 e. The number of phenolic OH excluding ortho intramolecular Hbond substituents is 2. The quantitative estimate of drug-likeness (QED) is 0.840. The minimum Gasteiger partial charge on any atom is -0.504 e. The van der Waals surface area contributed by atoms with Gasteiger partial charge < -0.3 is 15.1 Å². The zero-order valence-electron chi connectivity index (χ0n) is 11.0. The van der Waals surface area contributed by atoms with Gasteiger partial charge in [-0.2, -0.15) is 0 Å². The van der Waals surface area contributed by atoms with E-state index in [0.717, 1.165) is 16.3 Å². The first-order chi connectivity index (χ1) is 9.06. The summed E-state index contributed by atoms with van der Waals surface area (Å²) >= 11 is 1.58. The van der Waals surface area contributed by atoms with Crippen LogP contribution in [0.15, 0.2) is 52.3 Å². The van der Waals surface area contributed by atoms with Gasteiger partial charge in [-0.25, -0.2) is 0 Å². The van der Waals surface area contributed by atoms with Crippen molar-refractivity contribution in [2.45, 2.75) is 16.3 Å². The summed E-state index contributed by atoms with van der Waals surface area (Å²) < 4.78 is 0. The topological polar surface area (TPSA) is 43.7 Å². The fraction of sp³-hybridized carbons (Fsp3) is 0.200. The van der Waals surface area contributed by atoms with Crippen molar-refractivity contribution in [1.29, 1.82) is 0 Å². The van der Waals surface area contributed by atoms with Crippen LogP contribution in [0.4, 0.5) is 0 Å². The van der Waals surface area contributed by atoms with Gasteiger partial charge >= 0.3 is 0 Å². The average Bonchev–Trinajstić information content (AvgIpc) is 2.36. The van der Waals surface area contributed by atoms with Crippen LogP contribution in [-0.2, 0) is 6.54 Å². The predicted octanol–water partition coefficient (Wildman–Crippen LogP) is 3.31. The third-order valence-corrected chi connectivity index (χ3v) is 3.74. The van der Waals surface area contributed by atoms with E-state index < -0.39 is 0 Å². The van der Waals surface area contributed by atoms with Gasteiger partial charge in [-0.1, -0.05) is 30.0 Å². The van der Waals surface area contributed by atoms with E-state index in [9.17, 15) is 10.2 Å². The molecule has 0 radical (unpaired) electrons. The Morgan fingerprint density at radius 3 is 2.42 bits per heavy atom. The lowest BCUT2D eigenvalue weighted by Gasteiger charge is -2.13. The van der Waals surface area contributed by atoms with Gasteiger partial charge in [-0.3, -0.25) is 0 Å². The van der Waals surface area contributed by atoms with Crippen molar-refractivity contribution in [1.82, 2.24) is 4.90 Å². The second-order valence-corrected chi connectivity index (χ2v) is 5.71. The van der Waals surface area contributed by atoms with Crippen LogP contribution in [0.1, 0.15) is 5.56 Å². The molecule has 2 rings (SSSR count). The number of nitrogens with zero attached hydrogens (tertiary/aromatic N) is 1. The molecule has 19 heavy (non-hydrogen) atoms. The highest BCUT2D eigenvalue weighted by Gasteiger charge is 2.07. The Balaban J connectivity index is 2.25. The first kappa shape index (κ1) is 13.8. The van der Waals surface area contributed by atoms with Crippen molar-refractivity contribution in [3.8, 4) is 11.5 Å². The Morgan fingerprint density at radius 1 is 1.00 bits per heavy atom. The van der Waals surface area contributed by atoms with Gasteiger partial charge in [0.15, 0.2) is 11.5 Å². The number of hydrogen-bond acceptors (Lipinski definition) is 4. The molecule has 0 aliphatic carbocycles. The van der Waals surface area contributed by atoms with Crippen molar-refractivity contribution in [2.75, 3.05) is 14.1 Å². The third-order valence-electron chi connectivity index (χ3n) is 2.63. The number of aromatic hydroxyl groups is 2. The number of benzene rings is 2. The lowest BCUT2D eigenvalue weighted by Crippen LogP contribution is -2.11. The van der Waals surface area contributed by atoms with Gasteiger partial charge in [-0.15, -0.1) is 0 Å². The molecule has 0 amide bonds. The summed E-state index contributed by atoms with van der Waals surface area (Å²) in [6.07, 6.45) is 0. The normalized spacial score (nSPS) is 10.9. The molecule has 0 saturated carbocycles. The monoisotopic (exact) mass is 275 g/mol. The number of phenols is 2. The van der Waals surface area contributed by atoms with Gasteiger partial charge in [0, 0.05) is 16.3 Å². The van der Waals surface area contributed by atoms with Crippen LogP contribution >= 0.6 is 11.8 Å². The van der Waals surface area contributed by atoms with Crippen LogP contribution in [0.5, 0.6) is 11.5 Å². The summed E-state index contributed by atoms with van der Waals surface area (Å²) in [4.78, 5) is 4.18. The molecule has 0 saturated heterocycles. The van der Waals surface area contributed by atoms with E-state index in [1.165, 1.54) is 11.6 Å². The first-order valence-corrected chi connectivity index (χ1v) is 6.80. The van der Waals surface area contributed by atoms with E-state index in [1.54, 1.807) is 23.9 Å². The van der Waals surface area contributed by atoms with Crippen molar-refractivity contribution in [2.24, 2.45) is 0 Å². The predicted molar refractivity (Wildman–Crippen MR) is 77.7 cm³/mol. The Morgan fingerprint density at radius 2 is 1.74 bits per heavy atom. The fourth-order valence-electron chi connectivity index (χ4n) is 1.77. The van der Waals surface area contributed by atoms with Crippen molar-refractivity contribution < 1.29 is 10.2 Å². The van der Waals surface area contributed by atoms with Gasteiger partial charge in [-0.05, 0) is 43.9 Å². The minimum absolute atomic E-state index is 0.0879. The summed E-state index contributed by atoms with van der Waals surface area (Å²) in [5.74, 6) is -0.180. The average molecular weight is 275 g/mol. The molecule has 0 aliphatic heterocycles. The smallest absolute Gasteiger partial charge is 0.158 e. The fourth-order valence-corrected chi connectivity index (χ4v) is 2.74. The van der Waals surface area contributed by atoms with Crippen molar-refractivity contribution in [3.63, 3.8) is 0 Å². The highest BCUT2D eigenvalue weighted by Crippen LogP contribution is 2.35. The van der Waals surface area contributed by atoms with E-state index >= 15 is 0 Å². The molecule has 0 unspecified atom stereocenters. The van der Waals surface area contributed by atoms with Crippen molar-refractivity contribution >= 4 is 11.8 Å². The summed E-state index contributed by atoms with van der Waals surface area (Å²) in [6.45, 7) is 0.868. The van der Waals surface area contributed by atoms with Gasteiger partial charge in [0.1, 0.15) is 0 Å². The molecule has 0 atom stereocenters. The highest BCUT2D eigenvalue weighted by molar-refractivity contribution is 7.99. The molecule has 0 aromatic heterocycles. The molecular weight excluding hydrogens is 258 g/mol. The largest absolute Gasteiger partial charge is 0.504 e. The molecule has 100 valence electrons. The number of rotatable bonds is 4. The Hall–Kier alpha value is -1.65. The van der Waals surface area contributed by atoms with E-state index in [0.29, 0.717) is 0 Å². The zero-order chi connectivity index (χ0) is 13.8. The van der Waals surface area contributed by atoms with Crippen LogP contribution in [0.3, 0.4) is 0 Å². The van der Waals surface area contributed by atoms with Gasteiger partial charge in [0.05, 0.1) is 0 Å². The maximum absolute atomic E-state index is 9.52. The van der Waals surface area contributed by atoms with Crippen LogP contribution < -0.4 is 0 Å². The molecule has 3 nitrogen and oxygen atoms in total. The van der Waals surface area contributed by atoms with E-state index in [-0.39, 0.29) is 11.5 Å². The molecule has 0 bridgehead atoms. The van der Waals surface area contributed by atoms with Crippen LogP contribution in [-0.4, -0.2) is 29.2 Å². The lowest BCUT2D eigenvalue weighted by atomic mass is 10.2. The van der Waals surface area contributed by atoms with Gasteiger partial charge in [0.25, 0.3) is 0 Å². The molecule has 2 aromatic rings. The lowest BCUT2D eigenvalue weighted by molar-refractivity contribution is 0.399. The molecule has 0 heterocycles. The Labute approximate surface area is 117 Å². The van der Waals surface area contributed by atoms with Crippen LogP contribution in [0.2, 0.25) is 0 Å². The first-order valence-electron chi connectivity index (χ1n) is 5.99. The summed E-state index contributed by atoms with van der Waals surface area (Å²) in [6, 6.07) is 13.1. The summed E-state index contributed by atoms with van der Waals surface area (Å²) in [5, 5.41) is 18.8. The molecule has 2 aromatic carbocycles. The zero-order valence-corrected chi connectivity index (χ0v) is 11.8. The SMILES string of the molecule is CN(C)Cc1ccccc1Sc1ccc(O)c(O)c1. The maximum atomic E-state index is 9.52. The van der Waals surface area contributed by atoms with Gasteiger partial charge in [0.2, 0.25) is 0 Å².